The summed E-state index contributed by atoms with van der Waals surface area (Å²) in [5.41, 5.74) is 5.77. The fraction of sp³-hybridized carbons (Fsp3) is 0.300. The highest BCUT2D eigenvalue weighted by molar-refractivity contribution is 5.93. The van der Waals surface area contributed by atoms with E-state index < -0.39 is 5.97 Å². The van der Waals surface area contributed by atoms with E-state index in [1.54, 1.807) is 6.07 Å². The number of carbonyl (C=O) groups is 1. The summed E-state index contributed by atoms with van der Waals surface area (Å²) < 4.78 is 10.1. The highest BCUT2D eigenvalue weighted by Crippen LogP contribution is 2.19. The molecular weight excluding hydrogens is 198 g/mol. The lowest BCUT2D eigenvalue weighted by Gasteiger charge is -2.07. The van der Waals surface area contributed by atoms with E-state index in [-0.39, 0.29) is 18.0 Å². The minimum Gasteiger partial charge on any atom is -0.478 e. The molecule has 0 bridgehead atoms. The molecule has 0 amide bonds. The van der Waals surface area contributed by atoms with E-state index in [0.29, 0.717) is 12.4 Å². The van der Waals surface area contributed by atoms with E-state index in [4.69, 9.17) is 20.3 Å². The van der Waals surface area contributed by atoms with E-state index in [1.807, 2.05) is 6.92 Å². The summed E-state index contributed by atoms with van der Waals surface area (Å²) in [5.74, 6) is -0.560. The summed E-state index contributed by atoms with van der Waals surface area (Å²) >= 11 is 0. The molecule has 5 nitrogen and oxygen atoms in total. The second-order valence-corrected chi connectivity index (χ2v) is 2.81. The zero-order valence-electron chi connectivity index (χ0n) is 8.40. The van der Waals surface area contributed by atoms with Gasteiger partial charge >= 0.3 is 5.97 Å². The average molecular weight is 211 g/mol. The number of nitrogen functional groups attached to an aromatic ring is 1. The fourth-order valence-electron chi connectivity index (χ4n) is 1.02. The molecule has 15 heavy (non-hydrogen) atoms. The van der Waals surface area contributed by atoms with Crippen molar-refractivity contribution in [2.75, 3.05) is 19.1 Å². The quantitative estimate of drug-likeness (QED) is 0.436. The minimum absolute atomic E-state index is 0.0683. The van der Waals surface area contributed by atoms with Gasteiger partial charge in [0, 0.05) is 18.4 Å². The Morgan fingerprint density at radius 3 is 2.80 bits per heavy atom. The monoisotopic (exact) mass is 211 g/mol. The zero-order valence-corrected chi connectivity index (χ0v) is 8.40. The van der Waals surface area contributed by atoms with Gasteiger partial charge in [-0.05, 0) is 19.1 Å². The van der Waals surface area contributed by atoms with Gasteiger partial charge in [0.15, 0.2) is 6.79 Å². The average Bonchev–Trinajstić information content (AvgIpc) is 2.17. The number of hydrogen-bond donors (Lipinski definition) is 2. The molecule has 0 heterocycles. The maximum Gasteiger partial charge on any atom is 0.337 e. The van der Waals surface area contributed by atoms with Crippen LogP contribution in [0.15, 0.2) is 18.2 Å². The molecule has 0 aliphatic carbocycles. The third-order valence-corrected chi connectivity index (χ3v) is 1.77. The molecule has 0 aliphatic heterocycles. The van der Waals surface area contributed by atoms with Gasteiger partial charge in [0.25, 0.3) is 0 Å². The van der Waals surface area contributed by atoms with Crippen molar-refractivity contribution in [3.05, 3.63) is 23.8 Å². The second-order valence-electron chi connectivity index (χ2n) is 2.81. The van der Waals surface area contributed by atoms with Gasteiger partial charge in [0.05, 0.1) is 5.56 Å². The number of aromatic carboxylic acids is 1. The summed E-state index contributed by atoms with van der Waals surface area (Å²) in [6.45, 7) is 2.54. The summed E-state index contributed by atoms with van der Waals surface area (Å²) in [7, 11) is 0. The Bertz CT molecular complexity index is 351. The van der Waals surface area contributed by atoms with E-state index in [0.717, 1.165) is 0 Å². The molecule has 0 atom stereocenters. The maximum absolute atomic E-state index is 10.6. The largest absolute Gasteiger partial charge is 0.478 e. The Morgan fingerprint density at radius 1 is 1.53 bits per heavy atom. The first kappa shape index (κ1) is 11.3. The topological polar surface area (TPSA) is 81.8 Å². The summed E-state index contributed by atoms with van der Waals surface area (Å²) in [6, 6.07) is 4.40. The van der Waals surface area contributed by atoms with Crippen LogP contribution >= 0.6 is 0 Å². The molecule has 0 aliphatic rings. The van der Waals surface area contributed by atoms with Gasteiger partial charge in [-0.2, -0.15) is 0 Å². The van der Waals surface area contributed by atoms with Gasteiger partial charge in [0.1, 0.15) is 5.75 Å². The standard InChI is InChI=1S/C10H13NO4/c1-2-14-6-15-7-3-4-8(10(12)13)9(11)5-7/h3-5H,2,6,11H2,1H3,(H,12,13). The molecule has 0 spiro atoms. The summed E-state index contributed by atoms with van der Waals surface area (Å²) in [6.07, 6.45) is 0. The van der Waals surface area contributed by atoms with E-state index in [2.05, 4.69) is 0 Å². The van der Waals surface area contributed by atoms with E-state index in [1.165, 1.54) is 12.1 Å². The van der Waals surface area contributed by atoms with Crippen LogP contribution in [0.3, 0.4) is 0 Å². The lowest BCUT2D eigenvalue weighted by molar-refractivity contribution is 0.0224. The number of rotatable bonds is 5. The van der Waals surface area contributed by atoms with Crippen molar-refractivity contribution >= 4 is 11.7 Å². The van der Waals surface area contributed by atoms with Gasteiger partial charge in [-0.15, -0.1) is 0 Å². The highest BCUT2D eigenvalue weighted by Gasteiger charge is 2.08. The van der Waals surface area contributed by atoms with Crippen LogP contribution in [-0.4, -0.2) is 24.5 Å². The Labute approximate surface area is 87.4 Å². The van der Waals surface area contributed by atoms with Crippen LogP contribution in [0, 0.1) is 0 Å². The molecule has 1 rings (SSSR count). The van der Waals surface area contributed by atoms with Crippen molar-refractivity contribution < 1.29 is 19.4 Å². The van der Waals surface area contributed by atoms with Crippen molar-refractivity contribution in [1.82, 2.24) is 0 Å². The minimum atomic E-state index is -1.05. The number of nitrogens with two attached hydrogens (primary N) is 1. The first-order valence-electron chi connectivity index (χ1n) is 4.48. The lowest BCUT2D eigenvalue weighted by atomic mass is 10.2. The Morgan fingerprint density at radius 2 is 2.27 bits per heavy atom. The molecule has 0 unspecified atom stereocenters. The molecule has 0 aromatic heterocycles. The van der Waals surface area contributed by atoms with Crippen LogP contribution in [0.1, 0.15) is 17.3 Å². The predicted molar refractivity (Wildman–Crippen MR) is 54.9 cm³/mol. The summed E-state index contributed by atoms with van der Waals surface area (Å²) in [5, 5.41) is 8.73. The van der Waals surface area contributed by atoms with Crippen LogP contribution in [0.5, 0.6) is 5.75 Å². The van der Waals surface area contributed by atoms with E-state index >= 15 is 0 Å². The Kier molecular flexibility index (Phi) is 3.93. The number of benzene rings is 1. The van der Waals surface area contributed by atoms with Gasteiger partial charge < -0.3 is 20.3 Å². The van der Waals surface area contributed by atoms with Gasteiger partial charge in [-0.25, -0.2) is 4.79 Å². The van der Waals surface area contributed by atoms with Crippen molar-refractivity contribution in [3.8, 4) is 5.75 Å². The lowest BCUT2D eigenvalue weighted by Crippen LogP contribution is -2.05. The highest BCUT2D eigenvalue weighted by atomic mass is 16.7. The molecule has 0 fully saturated rings. The molecule has 5 heteroatoms. The predicted octanol–water partition coefficient (Wildman–Crippen LogP) is 1.34. The Balaban J connectivity index is 2.69. The van der Waals surface area contributed by atoms with Gasteiger partial charge in [-0.1, -0.05) is 0 Å². The molecule has 82 valence electrons. The normalized spacial score (nSPS) is 9.93. The summed E-state index contributed by atoms with van der Waals surface area (Å²) in [4.78, 5) is 10.6. The smallest absolute Gasteiger partial charge is 0.337 e. The van der Waals surface area contributed by atoms with E-state index in [9.17, 15) is 4.79 Å². The molecule has 3 N–H and O–H groups in total. The third kappa shape index (κ3) is 3.14. The van der Waals surface area contributed by atoms with Gasteiger partial charge in [-0.3, -0.25) is 0 Å². The van der Waals surface area contributed by atoms with Crippen molar-refractivity contribution in [2.24, 2.45) is 0 Å². The van der Waals surface area contributed by atoms with Gasteiger partial charge in [0.2, 0.25) is 0 Å². The second kappa shape index (κ2) is 5.21. The SMILES string of the molecule is CCOCOc1ccc(C(=O)O)c(N)c1. The first-order valence-corrected chi connectivity index (χ1v) is 4.48. The van der Waals surface area contributed by atoms with Crippen LogP contribution in [0.25, 0.3) is 0 Å². The number of carboxylic acid groups (broad SMARTS) is 1. The molecule has 0 saturated heterocycles. The van der Waals surface area contributed by atoms with Crippen LogP contribution in [0.2, 0.25) is 0 Å². The maximum atomic E-state index is 10.6. The van der Waals surface area contributed by atoms with Crippen molar-refractivity contribution in [2.45, 2.75) is 6.92 Å². The van der Waals surface area contributed by atoms with Crippen LogP contribution in [-0.2, 0) is 4.74 Å². The molecule has 1 aromatic carbocycles. The third-order valence-electron chi connectivity index (χ3n) is 1.77. The fourth-order valence-corrected chi connectivity index (χ4v) is 1.02. The number of carboxylic acids is 1. The molecule has 0 saturated carbocycles. The van der Waals surface area contributed by atoms with Crippen LogP contribution < -0.4 is 10.5 Å². The molecule has 1 aromatic rings. The molecular formula is C10H13NO4. The number of ether oxygens (including phenoxy) is 2. The van der Waals surface area contributed by atoms with Crippen LogP contribution in [0.4, 0.5) is 5.69 Å². The number of anilines is 1. The van der Waals surface area contributed by atoms with Crippen molar-refractivity contribution in [1.29, 1.82) is 0 Å². The molecule has 0 radical (unpaired) electrons. The van der Waals surface area contributed by atoms with Crippen molar-refractivity contribution in [3.63, 3.8) is 0 Å². The zero-order chi connectivity index (χ0) is 11.3. The Hall–Kier alpha value is -1.75. The number of hydrogen-bond acceptors (Lipinski definition) is 4. The first-order chi connectivity index (χ1) is 7.15.